The Morgan fingerprint density at radius 1 is 0.760 bits per heavy atom. The molecule has 0 spiro atoms. The third-order valence-corrected chi connectivity index (χ3v) is 9.33. The van der Waals surface area contributed by atoms with Gasteiger partial charge >= 0.3 is 0 Å². The second kappa shape index (κ2) is 23.4. The molecule has 7 heteroatoms. The smallest absolute Gasteiger partial charge is 0.174 e. The van der Waals surface area contributed by atoms with Crippen molar-refractivity contribution in [3.63, 3.8) is 0 Å². The molecular formula is C43H68N2O5. The number of hydrogen-bond acceptors (Lipinski definition) is 7. The summed E-state index contributed by atoms with van der Waals surface area (Å²) in [5.74, 6) is 2.71. The number of rotatable bonds is 26. The predicted octanol–water partition coefficient (Wildman–Crippen LogP) is 10.3. The topological polar surface area (TPSA) is 60.5 Å². The molecular weight excluding hydrogens is 624 g/mol. The van der Waals surface area contributed by atoms with E-state index in [1.54, 1.807) is 7.11 Å². The van der Waals surface area contributed by atoms with Gasteiger partial charge in [-0.05, 0) is 141 Å². The standard InChI is InChI=1S/C43H68N2O5/c1-8-24-44(25-9-2)28-14-12-16-30-48-36-21-19-35(20-22-36)39-32-38(46)42-41(47-7)33-40(37(43(42)50-39)23-18-34(5)6)49-31-17-13-15-29-45(26-10-3)27-11-4/h18-22,33,39H,8-17,23-32H2,1-7H3. The number of carbonyl (C=O) groups is 1. The maximum Gasteiger partial charge on any atom is 0.174 e. The molecule has 0 fully saturated rings. The van der Waals surface area contributed by atoms with E-state index in [-0.39, 0.29) is 12.2 Å². The maximum atomic E-state index is 13.7. The second-order valence-corrected chi connectivity index (χ2v) is 14.0. The first-order chi connectivity index (χ1) is 24.3. The van der Waals surface area contributed by atoms with E-state index in [9.17, 15) is 4.79 Å². The zero-order valence-corrected chi connectivity index (χ0v) is 32.6. The number of hydrogen-bond donors (Lipinski definition) is 0. The van der Waals surface area contributed by atoms with Gasteiger partial charge in [0.05, 0.1) is 26.7 Å². The lowest BCUT2D eigenvalue weighted by Crippen LogP contribution is -2.26. The molecule has 0 N–H and O–H groups in total. The monoisotopic (exact) mass is 693 g/mol. The van der Waals surface area contributed by atoms with Crippen LogP contribution in [0.25, 0.3) is 0 Å². The molecule has 0 saturated carbocycles. The Morgan fingerprint density at radius 2 is 1.32 bits per heavy atom. The average molecular weight is 693 g/mol. The first-order valence-corrected chi connectivity index (χ1v) is 19.7. The molecule has 0 aromatic heterocycles. The molecule has 1 heterocycles. The largest absolute Gasteiger partial charge is 0.496 e. The highest BCUT2D eigenvalue weighted by Crippen LogP contribution is 2.46. The number of fused-ring (bicyclic) bond motifs is 1. The number of nitrogens with zero attached hydrogens (tertiary/aromatic N) is 2. The summed E-state index contributed by atoms with van der Waals surface area (Å²) in [6.45, 7) is 21.5. The van der Waals surface area contributed by atoms with Gasteiger partial charge in [0.15, 0.2) is 5.78 Å². The van der Waals surface area contributed by atoms with E-state index in [1.807, 2.05) is 30.3 Å². The van der Waals surface area contributed by atoms with Gasteiger partial charge in [0, 0.05) is 11.6 Å². The average Bonchev–Trinajstić information content (AvgIpc) is 3.10. The van der Waals surface area contributed by atoms with E-state index in [0.717, 1.165) is 48.4 Å². The highest BCUT2D eigenvalue weighted by atomic mass is 16.5. The summed E-state index contributed by atoms with van der Waals surface area (Å²) in [4.78, 5) is 18.8. The number of ketones is 1. The molecule has 1 aliphatic rings. The van der Waals surface area contributed by atoms with Crippen molar-refractivity contribution in [2.75, 3.05) is 59.6 Å². The maximum absolute atomic E-state index is 13.7. The Balaban J connectivity index is 1.65. The Morgan fingerprint density at radius 3 is 1.84 bits per heavy atom. The molecule has 0 aliphatic carbocycles. The summed E-state index contributed by atoms with van der Waals surface area (Å²) >= 11 is 0. The van der Waals surface area contributed by atoms with Crippen molar-refractivity contribution in [2.24, 2.45) is 0 Å². The van der Waals surface area contributed by atoms with Crippen molar-refractivity contribution in [3.8, 4) is 23.0 Å². The highest BCUT2D eigenvalue weighted by Gasteiger charge is 2.34. The summed E-state index contributed by atoms with van der Waals surface area (Å²) in [6.07, 6.45) is 14.1. The molecule has 0 radical (unpaired) electrons. The molecule has 0 amide bonds. The van der Waals surface area contributed by atoms with E-state index in [2.05, 4.69) is 57.4 Å². The van der Waals surface area contributed by atoms with Crippen LogP contribution >= 0.6 is 0 Å². The minimum Gasteiger partial charge on any atom is -0.496 e. The quantitative estimate of drug-likeness (QED) is 0.0718. The van der Waals surface area contributed by atoms with Crippen molar-refractivity contribution in [2.45, 2.75) is 125 Å². The number of Topliss-reactive ketones (excluding diaryl/α,β-unsaturated/α-hetero) is 1. The number of benzene rings is 2. The summed E-state index contributed by atoms with van der Waals surface area (Å²) in [5.41, 5.74) is 3.59. The minimum atomic E-state index is -0.391. The molecule has 50 heavy (non-hydrogen) atoms. The van der Waals surface area contributed by atoms with E-state index in [4.69, 9.17) is 18.9 Å². The van der Waals surface area contributed by atoms with Crippen LogP contribution in [0.5, 0.6) is 23.0 Å². The van der Waals surface area contributed by atoms with Crippen LogP contribution in [0.1, 0.15) is 140 Å². The Bertz CT molecular complexity index is 1280. The number of methoxy groups -OCH3 is 1. The summed E-state index contributed by atoms with van der Waals surface area (Å²) < 4.78 is 25.0. The summed E-state index contributed by atoms with van der Waals surface area (Å²) in [7, 11) is 1.61. The first kappa shape index (κ1) is 41.4. The fraction of sp³-hybridized carbons (Fsp3) is 0.651. The third-order valence-electron chi connectivity index (χ3n) is 9.33. The molecule has 1 atom stereocenters. The van der Waals surface area contributed by atoms with Crippen LogP contribution in [0.15, 0.2) is 42.0 Å². The van der Waals surface area contributed by atoms with Crippen molar-refractivity contribution in [3.05, 3.63) is 58.7 Å². The zero-order valence-electron chi connectivity index (χ0n) is 32.6. The van der Waals surface area contributed by atoms with Gasteiger partial charge in [0.2, 0.25) is 0 Å². The SMILES string of the molecule is CCCN(CCC)CCCCCOc1ccc(C2CC(=O)c3c(OC)cc(OCCCCCN(CCC)CCC)c(CC=C(C)C)c3O2)cc1. The number of ether oxygens (including phenoxy) is 4. The van der Waals surface area contributed by atoms with E-state index >= 15 is 0 Å². The van der Waals surface area contributed by atoms with Gasteiger partial charge in [-0.1, -0.05) is 51.5 Å². The van der Waals surface area contributed by atoms with Crippen LogP contribution in [0, 0.1) is 0 Å². The van der Waals surface area contributed by atoms with Crippen LogP contribution in [0.3, 0.4) is 0 Å². The van der Waals surface area contributed by atoms with E-state index in [1.165, 1.54) is 83.2 Å². The molecule has 7 nitrogen and oxygen atoms in total. The highest BCUT2D eigenvalue weighted by molar-refractivity contribution is 6.03. The van der Waals surface area contributed by atoms with Gasteiger partial charge < -0.3 is 28.7 Å². The number of carbonyl (C=O) groups excluding carboxylic acids is 1. The van der Waals surface area contributed by atoms with Gasteiger partial charge in [-0.3, -0.25) is 4.79 Å². The lowest BCUT2D eigenvalue weighted by molar-refractivity contribution is 0.0841. The zero-order chi connectivity index (χ0) is 36.1. The van der Waals surface area contributed by atoms with Crippen molar-refractivity contribution in [1.29, 1.82) is 0 Å². The number of allylic oxidation sites excluding steroid dienone is 2. The summed E-state index contributed by atoms with van der Waals surface area (Å²) in [6, 6.07) is 9.94. The lowest BCUT2D eigenvalue weighted by Gasteiger charge is -2.29. The number of unbranched alkanes of at least 4 members (excludes halogenated alkanes) is 4. The Labute approximate surface area is 304 Å². The van der Waals surface area contributed by atoms with E-state index < -0.39 is 6.10 Å². The first-order valence-electron chi connectivity index (χ1n) is 19.7. The lowest BCUT2D eigenvalue weighted by atomic mass is 9.92. The van der Waals surface area contributed by atoms with Gasteiger partial charge in [-0.15, -0.1) is 0 Å². The fourth-order valence-electron chi connectivity index (χ4n) is 6.79. The Hall–Kier alpha value is -3.03. The molecule has 2 aromatic rings. The molecule has 0 saturated heterocycles. The Kier molecular flexibility index (Phi) is 19.4. The van der Waals surface area contributed by atoms with Crippen LogP contribution in [0.2, 0.25) is 0 Å². The third kappa shape index (κ3) is 13.6. The minimum absolute atomic E-state index is 0.0265. The van der Waals surface area contributed by atoms with Gasteiger partial charge in [0.25, 0.3) is 0 Å². The molecule has 1 unspecified atom stereocenters. The fourth-order valence-corrected chi connectivity index (χ4v) is 6.79. The van der Waals surface area contributed by atoms with Crippen LogP contribution in [-0.4, -0.2) is 75.2 Å². The molecule has 2 aromatic carbocycles. The van der Waals surface area contributed by atoms with Gasteiger partial charge in [-0.2, -0.15) is 0 Å². The van der Waals surface area contributed by atoms with Gasteiger partial charge in [0.1, 0.15) is 34.7 Å². The molecule has 0 bridgehead atoms. The van der Waals surface area contributed by atoms with Crippen LogP contribution < -0.4 is 18.9 Å². The molecule has 280 valence electrons. The normalized spacial score (nSPS) is 14.1. The van der Waals surface area contributed by atoms with Crippen molar-refractivity contribution in [1.82, 2.24) is 9.80 Å². The van der Waals surface area contributed by atoms with Crippen LogP contribution in [0.4, 0.5) is 0 Å². The predicted molar refractivity (Wildman–Crippen MR) is 208 cm³/mol. The second-order valence-electron chi connectivity index (χ2n) is 14.0. The van der Waals surface area contributed by atoms with Crippen molar-refractivity contribution < 1.29 is 23.7 Å². The summed E-state index contributed by atoms with van der Waals surface area (Å²) in [5, 5.41) is 0. The van der Waals surface area contributed by atoms with E-state index in [0.29, 0.717) is 36.7 Å². The molecule has 1 aliphatic heterocycles. The van der Waals surface area contributed by atoms with Crippen molar-refractivity contribution >= 4 is 5.78 Å². The van der Waals surface area contributed by atoms with Crippen LogP contribution in [-0.2, 0) is 6.42 Å². The van der Waals surface area contributed by atoms with Gasteiger partial charge in [-0.25, -0.2) is 0 Å². The molecule has 3 rings (SSSR count).